The summed E-state index contributed by atoms with van der Waals surface area (Å²) in [5.41, 5.74) is 2.57. The molecule has 2 aliphatic rings. The van der Waals surface area contributed by atoms with Crippen LogP contribution in [0.25, 0.3) is 22.5 Å². The van der Waals surface area contributed by atoms with Crippen molar-refractivity contribution < 1.29 is 36.6 Å². The van der Waals surface area contributed by atoms with Crippen molar-refractivity contribution in [2.75, 3.05) is 23.7 Å². The first-order valence-electron chi connectivity index (χ1n) is 18.8. The molecular weight excluding hydrogens is 789 g/mol. The third-order valence-corrected chi connectivity index (χ3v) is 9.80. The first-order valence-corrected chi connectivity index (χ1v) is 18.8. The standard InChI is InChI=1S/2C20H20F2N6O2/c2*1-3-20(11-24-19(29)30-20)28-10-14(9-25-28)15-6-12(2)7-17(26-15)27-16-8-13(18(21)22)4-5-23-16/h2*4-10,18H,3,11H2,1-2H3,(H,24,29)(H,23,26,27). The van der Waals surface area contributed by atoms with Gasteiger partial charge < -0.3 is 30.7 Å². The number of ether oxygens (including phenoxy) is 2. The largest absolute Gasteiger partial charge is 0.419 e. The summed E-state index contributed by atoms with van der Waals surface area (Å²) in [4.78, 5) is 40.4. The van der Waals surface area contributed by atoms with E-state index in [1.54, 1.807) is 46.3 Å². The quantitative estimate of drug-likeness (QED) is 0.0867. The van der Waals surface area contributed by atoms with Crippen molar-refractivity contribution in [2.45, 2.75) is 64.8 Å². The summed E-state index contributed by atoms with van der Waals surface area (Å²) in [6.45, 7) is 8.28. The normalized spacial score (nSPS) is 18.4. The van der Waals surface area contributed by atoms with Crippen LogP contribution in [0.1, 0.15) is 61.8 Å². The number of halogens is 4. The van der Waals surface area contributed by atoms with Crippen molar-refractivity contribution in [2.24, 2.45) is 0 Å². The highest BCUT2D eigenvalue weighted by molar-refractivity contribution is 5.71. The van der Waals surface area contributed by atoms with E-state index in [-0.39, 0.29) is 22.8 Å². The maximum Gasteiger partial charge on any atom is 0.409 e. The van der Waals surface area contributed by atoms with Crippen LogP contribution < -0.4 is 21.3 Å². The van der Waals surface area contributed by atoms with Crippen LogP contribution in [0.3, 0.4) is 0 Å². The number of aromatic nitrogens is 8. The SMILES string of the molecule is CCC1(n2cc(-c3cc(C)cc(Nc4cc(C(F)F)ccn4)n3)cn2)CNC(=O)O1.CCC1(n2cc(-c3cc(C)cc(Nc4cc(C(F)F)ccn4)n3)cn2)CNC(=O)O1. The molecule has 0 bridgehead atoms. The maximum absolute atomic E-state index is 12.9. The van der Waals surface area contributed by atoms with E-state index in [4.69, 9.17) is 9.47 Å². The van der Waals surface area contributed by atoms with Crippen molar-refractivity contribution in [3.63, 3.8) is 0 Å². The van der Waals surface area contributed by atoms with Gasteiger partial charge >= 0.3 is 12.2 Å². The minimum atomic E-state index is -2.58. The van der Waals surface area contributed by atoms with Gasteiger partial charge in [-0.2, -0.15) is 10.2 Å². The Morgan fingerprint density at radius 1 is 0.667 bits per heavy atom. The van der Waals surface area contributed by atoms with Gasteiger partial charge in [0.05, 0.1) is 36.9 Å². The summed E-state index contributed by atoms with van der Waals surface area (Å²) in [7, 11) is 0. The monoisotopic (exact) mass is 828 g/mol. The number of alkyl halides is 4. The molecule has 16 nitrogen and oxygen atoms in total. The number of alkyl carbamates (subject to hydrolysis) is 2. The van der Waals surface area contributed by atoms with Gasteiger partial charge in [0.2, 0.25) is 11.4 Å². The lowest BCUT2D eigenvalue weighted by atomic mass is 10.1. The fourth-order valence-electron chi connectivity index (χ4n) is 6.56. The number of aryl methyl sites for hydroxylation is 2. The Balaban J connectivity index is 0.000000181. The molecule has 0 spiro atoms. The van der Waals surface area contributed by atoms with Gasteiger partial charge in [0.1, 0.15) is 23.3 Å². The molecule has 8 rings (SSSR count). The first kappa shape index (κ1) is 41.1. The van der Waals surface area contributed by atoms with Crippen LogP contribution in [0.5, 0.6) is 0 Å². The number of cyclic esters (lactones) is 2. The van der Waals surface area contributed by atoms with Crippen LogP contribution >= 0.6 is 0 Å². The molecule has 20 heteroatoms. The molecule has 2 aliphatic heterocycles. The Bertz CT molecular complexity index is 2340. The highest BCUT2D eigenvalue weighted by atomic mass is 19.3. The van der Waals surface area contributed by atoms with Gasteiger partial charge in [0.25, 0.3) is 12.9 Å². The van der Waals surface area contributed by atoms with Gasteiger partial charge in [-0.1, -0.05) is 13.8 Å². The minimum absolute atomic E-state index is 0.119. The number of rotatable bonds is 12. The molecule has 312 valence electrons. The molecule has 2 fully saturated rings. The van der Waals surface area contributed by atoms with Gasteiger partial charge in [0.15, 0.2) is 0 Å². The molecule has 2 atom stereocenters. The molecule has 4 N–H and O–H groups in total. The highest BCUT2D eigenvalue weighted by Crippen LogP contribution is 2.32. The zero-order valence-electron chi connectivity index (χ0n) is 32.8. The molecule has 2 amide bonds. The molecule has 2 saturated heterocycles. The predicted molar refractivity (Wildman–Crippen MR) is 211 cm³/mol. The fraction of sp³-hybridized carbons (Fsp3) is 0.300. The molecule has 0 radical (unpaired) electrons. The Morgan fingerprint density at radius 3 is 1.43 bits per heavy atom. The van der Waals surface area contributed by atoms with E-state index < -0.39 is 36.5 Å². The topological polar surface area (TPSA) is 188 Å². The number of carbonyl (C=O) groups excluding carboxylic acids is 2. The van der Waals surface area contributed by atoms with E-state index in [9.17, 15) is 27.2 Å². The third kappa shape index (κ3) is 8.96. The average Bonchev–Trinajstić information content (AvgIpc) is 4.06. The Hall–Kier alpha value is -7.12. The third-order valence-electron chi connectivity index (χ3n) is 9.80. The lowest BCUT2D eigenvalue weighted by Crippen LogP contribution is -2.37. The van der Waals surface area contributed by atoms with E-state index in [1.807, 2.05) is 39.8 Å². The van der Waals surface area contributed by atoms with Gasteiger partial charge in [-0.3, -0.25) is 0 Å². The molecule has 0 aliphatic carbocycles. The number of hydrogen-bond donors (Lipinski definition) is 4. The van der Waals surface area contributed by atoms with Crippen molar-refractivity contribution in [1.29, 1.82) is 0 Å². The first-order chi connectivity index (χ1) is 28.8. The Morgan fingerprint density at radius 2 is 1.08 bits per heavy atom. The summed E-state index contributed by atoms with van der Waals surface area (Å²) in [5.74, 6) is 1.49. The van der Waals surface area contributed by atoms with Gasteiger partial charge in [-0.15, -0.1) is 0 Å². The summed E-state index contributed by atoms with van der Waals surface area (Å²) >= 11 is 0. The second kappa shape index (κ2) is 17.0. The zero-order valence-corrected chi connectivity index (χ0v) is 32.8. The van der Waals surface area contributed by atoms with E-state index in [1.165, 1.54) is 36.7 Å². The lowest BCUT2D eigenvalue weighted by molar-refractivity contribution is -0.0234. The van der Waals surface area contributed by atoms with Crippen LogP contribution in [0.4, 0.5) is 50.4 Å². The van der Waals surface area contributed by atoms with Crippen molar-refractivity contribution in [1.82, 2.24) is 50.1 Å². The van der Waals surface area contributed by atoms with Crippen LogP contribution in [-0.2, 0) is 20.9 Å². The fourth-order valence-corrected chi connectivity index (χ4v) is 6.56. The van der Waals surface area contributed by atoms with Crippen LogP contribution in [0.15, 0.2) is 85.7 Å². The highest BCUT2D eigenvalue weighted by Gasteiger charge is 2.42. The second-order valence-corrected chi connectivity index (χ2v) is 14.1. The molecule has 6 aromatic rings. The number of nitrogens with one attached hydrogen (secondary N) is 4. The molecule has 2 unspecified atom stereocenters. The summed E-state index contributed by atoms with van der Waals surface area (Å²) < 4.78 is 65.8. The van der Waals surface area contributed by atoms with Gasteiger partial charge in [0, 0.05) is 59.9 Å². The van der Waals surface area contributed by atoms with Crippen LogP contribution in [-0.4, -0.2) is 64.8 Å². The smallest absolute Gasteiger partial charge is 0.409 e. The summed E-state index contributed by atoms with van der Waals surface area (Å²) in [6, 6.07) is 12.5. The number of carbonyl (C=O) groups is 2. The van der Waals surface area contributed by atoms with Crippen LogP contribution in [0, 0.1) is 13.8 Å². The Labute approximate surface area is 340 Å². The maximum atomic E-state index is 12.9. The van der Waals surface area contributed by atoms with Gasteiger partial charge in [-0.05, 0) is 73.5 Å². The van der Waals surface area contributed by atoms with E-state index in [0.717, 1.165) is 22.3 Å². The number of pyridine rings is 4. The van der Waals surface area contributed by atoms with Crippen molar-refractivity contribution in [3.05, 3.63) is 108 Å². The molecule has 60 heavy (non-hydrogen) atoms. The molecule has 6 aromatic heterocycles. The Kier molecular flexibility index (Phi) is 11.6. The molecule has 8 heterocycles. The minimum Gasteiger partial charge on any atom is -0.419 e. The second-order valence-electron chi connectivity index (χ2n) is 14.1. The number of amides is 2. The molecular formula is C40H40F4N12O4. The van der Waals surface area contributed by atoms with Crippen molar-refractivity contribution in [3.8, 4) is 22.5 Å². The van der Waals surface area contributed by atoms with E-state index >= 15 is 0 Å². The lowest BCUT2D eigenvalue weighted by Gasteiger charge is -2.24. The number of anilines is 4. The summed E-state index contributed by atoms with van der Waals surface area (Å²) in [5, 5.41) is 20.0. The summed E-state index contributed by atoms with van der Waals surface area (Å²) in [6.07, 6.45) is 4.46. The van der Waals surface area contributed by atoms with E-state index in [0.29, 0.717) is 49.0 Å². The van der Waals surface area contributed by atoms with Crippen LogP contribution in [0.2, 0.25) is 0 Å². The van der Waals surface area contributed by atoms with Gasteiger partial charge in [-0.25, -0.2) is 56.5 Å². The molecule has 0 saturated carbocycles. The average molecular weight is 829 g/mol. The zero-order chi connectivity index (χ0) is 42.6. The number of hydrogen-bond acceptors (Lipinski definition) is 12. The predicted octanol–water partition coefficient (Wildman–Crippen LogP) is 8.26. The number of nitrogens with zero attached hydrogens (tertiary/aromatic N) is 8. The molecule has 0 aromatic carbocycles. The van der Waals surface area contributed by atoms with Crippen molar-refractivity contribution >= 4 is 35.5 Å². The van der Waals surface area contributed by atoms with E-state index in [2.05, 4.69) is 51.4 Å².